The molecule has 1 spiro atoms. The SMILES string of the molecule is C[C@]12CCC[C@]3(CO3)[C@@H]1C[C@@H]1[C@H](CNCCCO)C(=O)O[C@@H]1C2. The van der Waals surface area contributed by atoms with Crippen molar-refractivity contribution >= 4 is 5.97 Å². The lowest BCUT2D eigenvalue weighted by Crippen LogP contribution is -2.51. The summed E-state index contributed by atoms with van der Waals surface area (Å²) in [5, 5.41) is 12.2. The maximum atomic E-state index is 12.3. The number of carbonyl (C=O) groups excluding carboxylic acids is 1. The third-order valence-electron chi connectivity index (χ3n) is 6.96. The zero-order valence-corrected chi connectivity index (χ0v) is 14.1. The molecule has 2 aliphatic carbocycles. The lowest BCUT2D eigenvalue weighted by molar-refractivity contribution is -0.147. The highest BCUT2D eigenvalue weighted by atomic mass is 16.6. The van der Waals surface area contributed by atoms with E-state index in [1.54, 1.807) is 0 Å². The highest BCUT2D eigenvalue weighted by Crippen LogP contribution is 2.62. The molecule has 6 atom stereocenters. The van der Waals surface area contributed by atoms with Gasteiger partial charge in [-0.2, -0.15) is 0 Å². The van der Waals surface area contributed by atoms with E-state index < -0.39 is 0 Å². The van der Waals surface area contributed by atoms with Crippen LogP contribution >= 0.6 is 0 Å². The van der Waals surface area contributed by atoms with Crippen molar-refractivity contribution in [1.29, 1.82) is 0 Å². The minimum atomic E-state index is -0.0269. The second-order valence-electron chi connectivity index (χ2n) is 8.38. The molecule has 2 N–H and O–H groups in total. The fourth-order valence-electron chi connectivity index (χ4n) is 5.65. The van der Waals surface area contributed by atoms with Gasteiger partial charge < -0.3 is 19.9 Å². The molecule has 5 heteroatoms. The van der Waals surface area contributed by atoms with Crippen LogP contribution in [-0.4, -0.2) is 49.1 Å². The Morgan fingerprint density at radius 2 is 2.22 bits per heavy atom. The average Bonchev–Trinajstić information content (AvgIpc) is 3.21. The molecule has 0 unspecified atom stereocenters. The summed E-state index contributed by atoms with van der Waals surface area (Å²) in [7, 11) is 0. The van der Waals surface area contributed by atoms with Gasteiger partial charge in [0.1, 0.15) is 6.10 Å². The standard InChI is InChI=1S/C18H29NO4/c1-17-4-2-5-18(11-22-18)15(17)8-12-13(10-19-6-3-7-20)16(21)23-14(12)9-17/h12-15,19-20H,2-11H2,1H3/t12-,13+,14-,15-,17-,18+/m1/s1. The smallest absolute Gasteiger partial charge is 0.310 e. The summed E-state index contributed by atoms with van der Waals surface area (Å²) in [4.78, 5) is 12.3. The number of epoxide rings is 1. The summed E-state index contributed by atoms with van der Waals surface area (Å²) < 4.78 is 11.7. The molecule has 0 amide bonds. The van der Waals surface area contributed by atoms with Gasteiger partial charge in [0.25, 0.3) is 0 Å². The van der Waals surface area contributed by atoms with Crippen molar-refractivity contribution in [2.45, 2.75) is 57.2 Å². The molecule has 0 bridgehead atoms. The van der Waals surface area contributed by atoms with Gasteiger partial charge in [-0.15, -0.1) is 0 Å². The van der Waals surface area contributed by atoms with Gasteiger partial charge in [-0.05, 0) is 56.4 Å². The van der Waals surface area contributed by atoms with E-state index >= 15 is 0 Å². The number of aliphatic hydroxyl groups excluding tert-OH is 1. The van der Waals surface area contributed by atoms with Gasteiger partial charge in [0.15, 0.2) is 0 Å². The molecule has 4 fully saturated rings. The van der Waals surface area contributed by atoms with Crippen molar-refractivity contribution in [1.82, 2.24) is 5.32 Å². The highest BCUT2D eigenvalue weighted by Gasteiger charge is 2.64. The first-order chi connectivity index (χ1) is 11.1. The summed E-state index contributed by atoms with van der Waals surface area (Å²) in [6, 6.07) is 0. The molecule has 2 aliphatic heterocycles. The van der Waals surface area contributed by atoms with Crippen LogP contribution in [0, 0.1) is 23.2 Å². The normalized spacial score (nSPS) is 48.0. The topological polar surface area (TPSA) is 71.1 Å². The van der Waals surface area contributed by atoms with Gasteiger partial charge in [-0.3, -0.25) is 4.79 Å². The Balaban J connectivity index is 1.47. The van der Waals surface area contributed by atoms with E-state index in [0.29, 0.717) is 18.4 Å². The second kappa shape index (κ2) is 5.71. The molecular weight excluding hydrogens is 294 g/mol. The van der Waals surface area contributed by atoms with Crippen molar-refractivity contribution in [3.63, 3.8) is 0 Å². The highest BCUT2D eigenvalue weighted by molar-refractivity contribution is 5.75. The Morgan fingerprint density at radius 1 is 1.39 bits per heavy atom. The first-order valence-electron chi connectivity index (χ1n) is 9.24. The molecular formula is C18H29NO4. The molecule has 4 aliphatic rings. The number of nitrogens with one attached hydrogen (secondary N) is 1. The molecule has 2 heterocycles. The number of hydrogen-bond donors (Lipinski definition) is 2. The lowest BCUT2D eigenvalue weighted by Gasteiger charge is -2.51. The average molecular weight is 323 g/mol. The van der Waals surface area contributed by atoms with Crippen molar-refractivity contribution in [2.75, 3.05) is 26.3 Å². The predicted molar refractivity (Wildman–Crippen MR) is 84.8 cm³/mol. The van der Waals surface area contributed by atoms with Gasteiger partial charge in [0.05, 0.1) is 18.1 Å². The van der Waals surface area contributed by atoms with Gasteiger partial charge in [0.2, 0.25) is 0 Å². The number of ether oxygens (including phenoxy) is 2. The second-order valence-corrected chi connectivity index (χ2v) is 8.38. The Bertz CT molecular complexity index is 478. The number of carbonyl (C=O) groups is 1. The number of rotatable bonds is 5. The van der Waals surface area contributed by atoms with Crippen molar-refractivity contribution < 1.29 is 19.4 Å². The Kier molecular flexibility index (Phi) is 3.94. The van der Waals surface area contributed by atoms with Gasteiger partial charge in [-0.1, -0.05) is 6.92 Å². The zero-order chi connectivity index (χ0) is 16.1. The lowest BCUT2D eigenvalue weighted by atomic mass is 9.53. The number of esters is 1. The minimum Gasteiger partial charge on any atom is -0.462 e. The molecule has 5 nitrogen and oxygen atoms in total. The summed E-state index contributed by atoms with van der Waals surface area (Å²) in [5.41, 5.74) is 0.397. The number of fused-ring (bicyclic) bond motifs is 3. The molecule has 23 heavy (non-hydrogen) atoms. The summed E-state index contributed by atoms with van der Waals surface area (Å²) in [5.74, 6) is 0.867. The first kappa shape index (κ1) is 15.9. The maximum Gasteiger partial charge on any atom is 0.310 e. The van der Waals surface area contributed by atoms with Crippen LogP contribution in [-0.2, 0) is 14.3 Å². The summed E-state index contributed by atoms with van der Waals surface area (Å²) in [6.07, 6.45) is 6.58. The van der Waals surface area contributed by atoms with E-state index in [4.69, 9.17) is 14.6 Å². The number of aliphatic hydroxyl groups is 1. The van der Waals surface area contributed by atoms with Crippen LogP contribution in [0.3, 0.4) is 0 Å². The molecule has 0 aromatic rings. The summed E-state index contributed by atoms with van der Waals surface area (Å²) in [6.45, 7) is 4.92. The van der Waals surface area contributed by atoms with E-state index in [0.717, 1.165) is 32.4 Å². The zero-order valence-electron chi connectivity index (χ0n) is 14.1. The van der Waals surface area contributed by atoms with Crippen molar-refractivity contribution in [3.8, 4) is 0 Å². The first-order valence-corrected chi connectivity index (χ1v) is 9.24. The molecule has 0 radical (unpaired) electrons. The fourth-order valence-corrected chi connectivity index (χ4v) is 5.65. The monoisotopic (exact) mass is 323 g/mol. The van der Waals surface area contributed by atoms with E-state index in [1.807, 2.05) is 0 Å². The van der Waals surface area contributed by atoms with E-state index in [2.05, 4.69) is 12.2 Å². The Hall–Kier alpha value is -0.650. The molecule has 0 aromatic carbocycles. The number of hydrogen-bond acceptors (Lipinski definition) is 5. The fraction of sp³-hybridized carbons (Fsp3) is 0.944. The van der Waals surface area contributed by atoms with E-state index in [9.17, 15) is 4.79 Å². The Labute approximate surface area is 138 Å². The van der Waals surface area contributed by atoms with Gasteiger partial charge >= 0.3 is 5.97 Å². The van der Waals surface area contributed by atoms with Crippen LogP contribution in [0.4, 0.5) is 0 Å². The van der Waals surface area contributed by atoms with Crippen LogP contribution in [0.1, 0.15) is 45.4 Å². The van der Waals surface area contributed by atoms with Gasteiger partial charge in [0, 0.05) is 19.1 Å². The summed E-state index contributed by atoms with van der Waals surface area (Å²) >= 11 is 0. The minimum absolute atomic E-state index is 0.0236. The van der Waals surface area contributed by atoms with Crippen LogP contribution < -0.4 is 5.32 Å². The van der Waals surface area contributed by atoms with Crippen LogP contribution in [0.2, 0.25) is 0 Å². The predicted octanol–water partition coefficient (Wildman–Crippen LogP) is 1.49. The van der Waals surface area contributed by atoms with Crippen LogP contribution in [0.5, 0.6) is 0 Å². The van der Waals surface area contributed by atoms with E-state index in [1.165, 1.54) is 19.3 Å². The molecule has 2 saturated heterocycles. The molecule has 4 rings (SSSR count). The Morgan fingerprint density at radius 3 is 2.96 bits per heavy atom. The molecule has 2 saturated carbocycles. The molecule has 0 aromatic heterocycles. The van der Waals surface area contributed by atoms with Crippen LogP contribution in [0.15, 0.2) is 0 Å². The van der Waals surface area contributed by atoms with Gasteiger partial charge in [-0.25, -0.2) is 0 Å². The molecule has 130 valence electrons. The van der Waals surface area contributed by atoms with E-state index in [-0.39, 0.29) is 35.6 Å². The quantitative estimate of drug-likeness (QED) is 0.456. The maximum absolute atomic E-state index is 12.3. The van der Waals surface area contributed by atoms with Crippen molar-refractivity contribution in [2.24, 2.45) is 23.2 Å². The third kappa shape index (κ3) is 2.61. The van der Waals surface area contributed by atoms with Crippen molar-refractivity contribution in [3.05, 3.63) is 0 Å². The van der Waals surface area contributed by atoms with Crippen LogP contribution in [0.25, 0.3) is 0 Å². The third-order valence-corrected chi connectivity index (χ3v) is 6.96. The largest absolute Gasteiger partial charge is 0.462 e.